The van der Waals surface area contributed by atoms with Crippen molar-refractivity contribution in [3.8, 4) is 0 Å². The lowest BCUT2D eigenvalue weighted by atomic mass is 10.1. The maximum Gasteiger partial charge on any atom is 0.246 e. The van der Waals surface area contributed by atoms with Gasteiger partial charge in [0.25, 0.3) is 0 Å². The highest BCUT2D eigenvalue weighted by atomic mass is 16.5. The van der Waals surface area contributed by atoms with Gasteiger partial charge in [-0.25, -0.2) is 4.99 Å². The van der Waals surface area contributed by atoms with Gasteiger partial charge in [-0.2, -0.15) is 5.10 Å². The zero-order valence-corrected chi connectivity index (χ0v) is 18.3. The summed E-state index contributed by atoms with van der Waals surface area (Å²) in [5.74, 6) is 0.813. The van der Waals surface area contributed by atoms with Crippen LogP contribution in [0.25, 0.3) is 0 Å². The van der Waals surface area contributed by atoms with Crippen molar-refractivity contribution < 1.29 is 9.53 Å². The SMILES string of the molecule is CCNC(=NCc1cccc(COC(C)C)c1)N1CCN(c2cnn(C)c2)C(=O)C1. The Labute approximate surface area is 178 Å². The molecular formula is C22H32N6O2. The number of hydrogen-bond donors (Lipinski definition) is 1. The van der Waals surface area contributed by atoms with Crippen LogP contribution in [-0.2, 0) is 29.7 Å². The molecule has 8 nitrogen and oxygen atoms in total. The number of aromatic nitrogens is 2. The van der Waals surface area contributed by atoms with Gasteiger partial charge >= 0.3 is 0 Å². The minimum atomic E-state index is 0.0488. The molecule has 3 rings (SSSR count). The zero-order valence-electron chi connectivity index (χ0n) is 18.3. The highest BCUT2D eigenvalue weighted by Crippen LogP contribution is 2.16. The van der Waals surface area contributed by atoms with Crippen molar-refractivity contribution in [2.45, 2.75) is 40.0 Å². The van der Waals surface area contributed by atoms with Gasteiger partial charge in [0.1, 0.15) is 6.54 Å². The molecule has 0 unspecified atom stereocenters. The Morgan fingerprint density at radius 2 is 2.10 bits per heavy atom. The number of carbonyl (C=O) groups excluding carboxylic acids is 1. The molecule has 1 aliphatic heterocycles. The Morgan fingerprint density at radius 3 is 2.77 bits per heavy atom. The molecule has 1 amide bonds. The van der Waals surface area contributed by atoms with Crippen LogP contribution in [0, 0.1) is 0 Å². The van der Waals surface area contributed by atoms with Crippen LogP contribution in [0.5, 0.6) is 0 Å². The standard InChI is InChI=1S/C22H32N6O2/c1-5-23-22(24-12-18-7-6-8-19(11-18)16-30-17(2)3)27-9-10-28(21(29)15-27)20-13-25-26(4)14-20/h6-8,11,13-14,17H,5,9-10,12,15-16H2,1-4H3,(H,23,24). The van der Waals surface area contributed by atoms with Gasteiger partial charge in [-0.1, -0.05) is 24.3 Å². The van der Waals surface area contributed by atoms with E-state index in [0.29, 0.717) is 32.8 Å². The van der Waals surface area contributed by atoms with E-state index in [-0.39, 0.29) is 12.0 Å². The van der Waals surface area contributed by atoms with E-state index in [9.17, 15) is 4.79 Å². The van der Waals surface area contributed by atoms with Crippen molar-refractivity contribution in [3.05, 3.63) is 47.8 Å². The van der Waals surface area contributed by atoms with Gasteiger partial charge in [0, 0.05) is 32.9 Å². The molecular weight excluding hydrogens is 380 g/mol. The minimum Gasteiger partial charge on any atom is -0.374 e. The molecule has 0 saturated carbocycles. The first-order valence-corrected chi connectivity index (χ1v) is 10.5. The number of amides is 1. The molecule has 1 aromatic heterocycles. The summed E-state index contributed by atoms with van der Waals surface area (Å²) in [4.78, 5) is 21.3. The molecule has 30 heavy (non-hydrogen) atoms. The molecule has 0 atom stereocenters. The number of anilines is 1. The number of carbonyl (C=O) groups is 1. The molecule has 1 saturated heterocycles. The molecule has 1 aliphatic rings. The predicted molar refractivity (Wildman–Crippen MR) is 118 cm³/mol. The van der Waals surface area contributed by atoms with Crippen molar-refractivity contribution in [1.82, 2.24) is 20.0 Å². The average molecular weight is 413 g/mol. The average Bonchev–Trinajstić information content (AvgIpc) is 3.15. The quantitative estimate of drug-likeness (QED) is 0.557. The fraction of sp³-hybridized carbons (Fsp3) is 0.500. The van der Waals surface area contributed by atoms with E-state index in [4.69, 9.17) is 9.73 Å². The Hall–Kier alpha value is -2.87. The Morgan fingerprint density at radius 1 is 1.30 bits per heavy atom. The second-order valence-corrected chi connectivity index (χ2v) is 7.69. The summed E-state index contributed by atoms with van der Waals surface area (Å²) < 4.78 is 7.41. The van der Waals surface area contributed by atoms with E-state index in [1.165, 1.54) is 0 Å². The third-order valence-electron chi connectivity index (χ3n) is 4.84. The van der Waals surface area contributed by atoms with Crippen LogP contribution in [0.4, 0.5) is 5.69 Å². The van der Waals surface area contributed by atoms with Crippen molar-refractivity contribution in [2.75, 3.05) is 31.1 Å². The summed E-state index contributed by atoms with van der Waals surface area (Å²) in [5, 5.41) is 7.49. The monoisotopic (exact) mass is 412 g/mol. The lowest BCUT2D eigenvalue weighted by Gasteiger charge is -2.35. The number of benzene rings is 1. The summed E-state index contributed by atoms with van der Waals surface area (Å²) in [6, 6.07) is 8.29. The van der Waals surface area contributed by atoms with Gasteiger partial charge in [0.05, 0.1) is 31.1 Å². The van der Waals surface area contributed by atoms with Crippen molar-refractivity contribution >= 4 is 17.6 Å². The molecule has 1 aromatic carbocycles. The van der Waals surface area contributed by atoms with Crippen LogP contribution in [-0.4, -0.2) is 58.8 Å². The first-order chi connectivity index (χ1) is 14.5. The number of aliphatic imine (C=N–C) groups is 1. The normalized spacial score (nSPS) is 15.2. The summed E-state index contributed by atoms with van der Waals surface area (Å²) in [6.07, 6.45) is 3.79. The number of nitrogens with one attached hydrogen (secondary N) is 1. The molecule has 0 bridgehead atoms. The molecule has 0 spiro atoms. The molecule has 8 heteroatoms. The minimum absolute atomic E-state index is 0.0488. The van der Waals surface area contributed by atoms with Gasteiger partial charge in [0.2, 0.25) is 5.91 Å². The zero-order chi connectivity index (χ0) is 21.5. The molecule has 1 N–H and O–H groups in total. The van der Waals surface area contributed by atoms with Crippen LogP contribution in [0.1, 0.15) is 31.9 Å². The van der Waals surface area contributed by atoms with Crippen LogP contribution >= 0.6 is 0 Å². The molecule has 0 radical (unpaired) electrons. The van der Waals surface area contributed by atoms with E-state index in [0.717, 1.165) is 29.3 Å². The third-order valence-corrected chi connectivity index (χ3v) is 4.84. The second kappa shape index (κ2) is 10.2. The molecule has 1 fully saturated rings. The van der Waals surface area contributed by atoms with Crippen molar-refractivity contribution in [3.63, 3.8) is 0 Å². The molecule has 0 aliphatic carbocycles. The smallest absolute Gasteiger partial charge is 0.246 e. The third kappa shape index (κ3) is 5.82. The first kappa shape index (κ1) is 21.8. The number of guanidine groups is 1. The Balaban J connectivity index is 1.65. The maximum absolute atomic E-state index is 12.7. The van der Waals surface area contributed by atoms with E-state index >= 15 is 0 Å². The maximum atomic E-state index is 12.7. The van der Waals surface area contributed by atoms with Crippen molar-refractivity contribution in [2.24, 2.45) is 12.0 Å². The van der Waals surface area contributed by atoms with Crippen LogP contribution in [0.3, 0.4) is 0 Å². The largest absolute Gasteiger partial charge is 0.374 e. The molecule has 2 heterocycles. The Kier molecular flexibility index (Phi) is 7.46. The van der Waals surface area contributed by atoms with Gasteiger partial charge < -0.3 is 19.9 Å². The number of nitrogens with zero attached hydrogens (tertiary/aromatic N) is 5. The summed E-state index contributed by atoms with van der Waals surface area (Å²) in [6.45, 7) is 9.62. The summed E-state index contributed by atoms with van der Waals surface area (Å²) in [7, 11) is 1.85. The van der Waals surface area contributed by atoms with Crippen LogP contribution in [0.15, 0.2) is 41.7 Å². The Bertz CT molecular complexity index is 876. The molecule has 2 aromatic rings. The first-order valence-electron chi connectivity index (χ1n) is 10.5. The lowest BCUT2D eigenvalue weighted by Crippen LogP contribution is -2.55. The van der Waals surface area contributed by atoms with E-state index in [2.05, 4.69) is 28.6 Å². The fourth-order valence-electron chi connectivity index (χ4n) is 3.35. The highest BCUT2D eigenvalue weighted by molar-refractivity contribution is 5.98. The van der Waals surface area contributed by atoms with Gasteiger partial charge in [-0.3, -0.25) is 9.48 Å². The van der Waals surface area contributed by atoms with E-state index in [1.54, 1.807) is 15.8 Å². The number of piperazine rings is 1. The van der Waals surface area contributed by atoms with E-state index in [1.807, 2.05) is 45.0 Å². The summed E-state index contributed by atoms with van der Waals surface area (Å²) in [5.41, 5.74) is 3.10. The number of hydrogen-bond acceptors (Lipinski definition) is 4. The van der Waals surface area contributed by atoms with Crippen LogP contribution in [0.2, 0.25) is 0 Å². The van der Waals surface area contributed by atoms with E-state index < -0.39 is 0 Å². The predicted octanol–water partition coefficient (Wildman–Crippen LogP) is 2.16. The van der Waals surface area contributed by atoms with Crippen molar-refractivity contribution in [1.29, 1.82) is 0 Å². The molecule has 162 valence electrons. The fourth-order valence-corrected chi connectivity index (χ4v) is 3.35. The number of aryl methyl sites for hydroxylation is 1. The lowest BCUT2D eigenvalue weighted by molar-refractivity contribution is -0.120. The topological polar surface area (TPSA) is 75.0 Å². The van der Waals surface area contributed by atoms with Gasteiger partial charge in [-0.15, -0.1) is 0 Å². The van der Waals surface area contributed by atoms with Crippen LogP contribution < -0.4 is 10.2 Å². The summed E-state index contributed by atoms with van der Waals surface area (Å²) >= 11 is 0. The highest BCUT2D eigenvalue weighted by Gasteiger charge is 2.27. The number of rotatable bonds is 7. The number of ether oxygens (including phenoxy) is 1. The van der Waals surface area contributed by atoms with Gasteiger partial charge in [0.15, 0.2) is 5.96 Å². The van der Waals surface area contributed by atoms with Gasteiger partial charge in [-0.05, 0) is 31.9 Å². The second-order valence-electron chi connectivity index (χ2n) is 7.69.